The quantitative estimate of drug-likeness (QED) is 0.247. The first-order chi connectivity index (χ1) is 24.8. The lowest BCUT2D eigenvalue weighted by Gasteiger charge is -2.34. The topological polar surface area (TPSA) is 85.1 Å². The van der Waals surface area contributed by atoms with Crippen molar-refractivity contribution < 1.29 is 0 Å². The number of piperazine rings is 1. The average Bonchev–Trinajstić information content (AvgIpc) is 3.14. The number of rotatable bonds is 8. The molecule has 2 aromatic carbocycles. The largest absolute Gasteiger partial charge is 0.315 e. The maximum atomic E-state index is 3.64. The highest BCUT2D eigenvalue weighted by Crippen LogP contribution is 2.15. The highest BCUT2D eigenvalue weighted by molar-refractivity contribution is 5.24. The van der Waals surface area contributed by atoms with Crippen molar-refractivity contribution in [1.82, 2.24) is 51.5 Å². The monoisotopic (exact) mass is 691 g/mol. The third kappa shape index (κ3) is 16.2. The summed E-state index contributed by atoms with van der Waals surface area (Å²) in [7, 11) is 0. The van der Waals surface area contributed by atoms with Crippen molar-refractivity contribution in [2.75, 3.05) is 131 Å². The van der Waals surface area contributed by atoms with Crippen molar-refractivity contribution in [3.8, 4) is 0 Å². The van der Waals surface area contributed by atoms with E-state index in [0.29, 0.717) is 0 Å². The minimum absolute atomic E-state index is 1.04. The van der Waals surface area contributed by atoms with Gasteiger partial charge < -0.3 is 31.9 Å². The predicted octanol–water partition coefficient (Wildman–Crippen LogP) is 1.73. The van der Waals surface area contributed by atoms with Gasteiger partial charge in [-0.1, -0.05) is 48.5 Å². The summed E-state index contributed by atoms with van der Waals surface area (Å²) in [5.41, 5.74) is 5.73. The maximum absolute atomic E-state index is 3.64. The normalized spacial score (nSPS) is 22.4. The Morgan fingerprint density at radius 1 is 0.280 bits per heavy atom. The fourth-order valence-electron chi connectivity index (χ4n) is 7.29. The van der Waals surface area contributed by atoms with Crippen molar-refractivity contribution >= 4 is 0 Å². The summed E-state index contributed by atoms with van der Waals surface area (Å²) in [6.07, 6.45) is 4.78. The number of hydrogen-bond acceptors (Lipinski definition) is 10. The highest BCUT2D eigenvalue weighted by Gasteiger charge is 2.18. The van der Waals surface area contributed by atoms with Crippen LogP contribution >= 0.6 is 0 Å². The molecule has 3 saturated heterocycles. The van der Waals surface area contributed by atoms with Gasteiger partial charge in [-0.3, -0.25) is 19.6 Å². The Labute approximate surface area is 304 Å². The van der Waals surface area contributed by atoms with E-state index < -0.39 is 0 Å². The van der Waals surface area contributed by atoms with E-state index in [9.17, 15) is 0 Å². The van der Waals surface area contributed by atoms with E-state index >= 15 is 0 Å². The van der Waals surface area contributed by atoms with Crippen LogP contribution in [0.5, 0.6) is 0 Å². The molecule has 10 heteroatoms. The molecular formula is C40H70N10. The second-order valence-electron chi connectivity index (χ2n) is 14.7. The predicted molar refractivity (Wildman–Crippen MR) is 210 cm³/mol. The molecule has 0 radical (unpaired) electrons. The van der Waals surface area contributed by atoms with Gasteiger partial charge in [-0.2, -0.15) is 0 Å². The fraction of sp³-hybridized carbons (Fsp3) is 0.700. The lowest BCUT2D eigenvalue weighted by atomic mass is 10.1. The molecule has 3 aliphatic heterocycles. The molecular weight excluding hydrogens is 621 g/mol. The zero-order valence-corrected chi connectivity index (χ0v) is 31.2. The van der Waals surface area contributed by atoms with Crippen molar-refractivity contribution in [3.05, 3.63) is 70.8 Å². The number of nitrogens with one attached hydrogen (secondary N) is 6. The van der Waals surface area contributed by atoms with Crippen molar-refractivity contribution in [2.45, 2.75) is 51.9 Å². The summed E-state index contributed by atoms with van der Waals surface area (Å²) >= 11 is 0. The molecule has 3 heterocycles. The third-order valence-electron chi connectivity index (χ3n) is 10.4. The second kappa shape index (κ2) is 24.3. The van der Waals surface area contributed by atoms with Gasteiger partial charge in [0.05, 0.1) is 0 Å². The molecule has 3 aliphatic rings. The SMILES string of the molecule is c1cc(CN2CCN(Cc3ccc(CN4CCCNCCNCCCNCC4)cc3)CC2)ccc1CN1CCCNCCNCCCNCC1. The van der Waals surface area contributed by atoms with E-state index in [2.05, 4.69) is 100 Å². The minimum atomic E-state index is 1.04. The summed E-state index contributed by atoms with van der Waals surface area (Å²) in [5.74, 6) is 0. The summed E-state index contributed by atoms with van der Waals surface area (Å²) in [5, 5.41) is 21.5. The van der Waals surface area contributed by atoms with Gasteiger partial charge in [0.25, 0.3) is 0 Å². The highest BCUT2D eigenvalue weighted by atomic mass is 15.3. The van der Waals surface area contributed by atoms with Crippen LogP contribution < -0.4 is 31.9 Å². The average molecular weight is 691 g/mol. The minimum Gasteiger partial charge on any atom is -0.315 e. The molecule has 0 atom stereocenters. The van der Waals surface area contributed by atoms with Gasteiger partial charge in [0.15, 0.2) is 0 Å². The first-order valence-electron chi connectivity index (χ1n) is 20.1. The zero-order chi connectivity index (χ0) is 34.3. The molecule has 2 aromatic rings. The Kier molecular flexibility index (Phi) is 19.1. The molecule has 50 heavy (non-hydrogen) atoms. The molecule has 0 aliphatic carbocycles. The van der Waals surface area contributed by atoms with Crippen LogP contribution in [-0.4, -0.2) is 150 Å². The first kappa shape index (κ1) is 39.3. The van der Waals surface area contributed by atoms with Crippen LogP contribution in [0.3, 0.4) is 0 Å². The molecule has 0 bridgehead atoms. The molecule has 6 N–H and O–H groups in total. The van der Waals surface area contributed by atoms with E-state index in [1.807, 2.05) is 0 Å². The molecule has 5 rings (SSSR count). The Morgan fingerprint density at radius 3 is 0.860 bits per heavy atom. The molecule has 3 fully saturated rings. The van der Waals surface area contributed by atoms with E-state index in [1.165, 1.54) is 47.9 Å². The Balaban J connectivity index is 0.996. The van der Waals surface area contributed by atoms with Crippen LogP contribution in [0.4, 0.5) is 0 Å². The smallest absolute Gasteiger partial charge is 0.0234 e. The van der Waals surface area contributed by atoms with Crippen LogP contribution in [0.1, 0.15) is 47.9 Å². The Morgan fingerprint density at radius 2 is 0.540 bits per heavy atom. The first-order valence-corrected chi connectivity index (χ1v) is 20.1. The van der Waals surface area contributed by atoms with Crippen LogP contribution in [-0.2, 0) is 26.2 Å². The summed E-state index contributed by atoms with van der Waals surface area (Å²) in [6, 6.07) is 18.9. The van der Waals surface area contributed by atoms with E-state index in [1.54, 1.807) is 0 Å². The van der Waals surface area contributed by atoms with Crippen molar-refractivity contribution in [1.29, 1.82) is 0 Å². The van der Waals surface area contributed by atoms with Crippen LogP contribution in [0.15, 0.2) is 48.5 Å². The lowest BCUT2D eigenvalue weighted by molar-refractivity contribution is 0.122. The van der Waals surface area contributed by atoms with Gasteiger partial charge in [-0.15, -0.1) is 0 Å². The van der Waals surface area contributed by atoms with Crippen molar-refractivity contribution in [3.63, 3.8) is 0 Å². The Bertz CT molecular complexity index is 1000. The second-order valence-corrected chi connectivity index (χ2v) is 14.7. The molecule has 0 saturated carbocycles. The molecule has 280 valence electrons. The van der Waals surface area contributed by atoms with Gasteiger partial charge in [0.1, 0.15) is 0 Å². The number of hydrogen-bond donors (Lipinski definition) is 6. The van der Waals surface area contributed by atoms with Crippen LogP contribution in [0, 0.1) is 0 Å². The van der Waals surface area contributed by atoms with Gasteiger partial charge in [0, 0.05) is 105 Å². The standard InChI is InChI=1S/C40H70N10/c1-13-41-19-21-43-17-3-25-47(27-23-45-15-1)33-37-5-9-39(10-6-37)35-49-29-31-50(32-30-49)36-40-11-7-38(8-12-40)34-48-26-4-18-44-22-20-42-14-2-16-46-24-28-48/h5-12,41-46H,1-4,13-36H2. The van der Waals surface area contributed by atoms with E-state index in [-0.39, 0.29) is 0 Å². The van der Waals surface area contributed by atoms with Gasteiger partial charge in [-0.05, 0) is 100 Å². The molecule has 10 nitrogen and oxygen atoms in total. The van der Waals surface area contributed by atoms with E-state index in [4.69, 9.17) is 0 Å². The van der Waals surface area contributed by atoms with Crippen molar-refractivity contribution in [2.24, 2.45) is 0 Å². The Hall–Kier alpha value is -1.96. The molecule has 0 spiro atoms. The number of nitrogens with zero attached hydrogens (tertiary/aromatic N) is 4. The fourth-order valence-corrected chi connectivity index (χ4v) is 7.29. The molecule has 0 aromatic heterocycles. The van der Waals surface area contributed by atoms with Gasteiger partial charge in [-0.25, -0.2) is 0 Å². The van der Waals surface area contributed by atoms with E-state index in [0.717, 1.165) is 157 Å². The van der Waals surface area contributed by atoms with Gasteiger partial charge in [0.2, 0.25) is 0 Å². The van der Waals surface area contributed by atoms with Crippen LogP contribution in [0.25, 0.3) is 0 Å². The lowest BCUT2D eigenvalue weighted by Crippen LogP contribution is -2.45. The van der Waals surface area contributed by atoms with Crippen LogP contribution in [0.2, 0.25) is 0 Å². The molecule has 0 unspecified atom stereocenters. The number of benzene rings is 2. The van der Waals surface area contributed by atoms with Gasteiger partial charge >= 0.3 is 0 Å². The maximum Gasteiger partial charge on any atom is 0.0234 e. The molecule has 0 amide bonds. The summed E-state index contributed by atoms with van der Waals surface area (Å²) in [4.78, 5) is 10.5. The zero-order valence-electron chi connectivity index (χ0n) is 31.2. The summed E-state index contributed by atoms with van der Waals surface area (Å²) in [6.45, 7) is 26.2. The third-order valence-corrected chi connectivity index (χ3v) is 10.4. The summed E-state index contributed by atoms with van der Waals surface area (Å²) < 4.78 is 0.